The second kappa shape index (κ2) is 4.40. The van der Waals surface area contributed by atoms with Crippen LogP contribution < -0.4 is 5.73 Å². The first-order chi connectivity index (χ1) is 6.95. The first kappa shape index (κ1) is 11.7. The second-order valence-electron chi connectivity index (χ2n) is 3.71. The molecule has 2 N–H and O–H groups in total. The van der Waals surface area contributed by atoms with Gasteiger partial charge >= 0.3 is 5.97 Å². The van der Waals surface area contributed by atoms with Gasteiger partial charge in [-0.3, -0.25) is 4.79 Å². The number of halogens is 1. The SMILES string of the molecule is COC(=O)[C@@](C)(N)Cc1ccc(F)cc1. The van der Waals surface area contributed by atoms with E-state index in [1.807, 2.05) is 0 Å². The normalized spacial score (nSPS) is 14.4. The van der Waals surface area contributed by atoms with Gasteiger partial charge in [0.1, 0.15) is 11.4 Å². The molecular formula is C11H14FNO2. The van der Waals surface area contributed by atoms with Crippen molar-refractivity contribution in [3.8, 4) is 0 Å². The van der Waals surface area contributed by atoms with E-state index < -0.39 is 11.5 Å². The zero-order valence-electron chi connectivity index (χ0n) is 8.79. The molecule has 0 aliphatic heterocycles. The molecule has 15 heavy (non-hydrogen) atoms. The standard InChI is InChI=1S/C11H14FNO2/c1-11(13,10(14)15-2)7-8-3-5-9(12)6-4-8/h3-6H,7,13H2,1-2H3/t11-/m0/s1. The maximum absolute atomic E-state index is 12.6. The zero-order chi connectivity index (χ0) is 11.5. The molecule has 0 heterocycles. The summed E-state index contributed by atoms with van der Waals surface area (Å²) in [6.07, 6.45) is 0.319. The number of rotatable bonds is 3. The molecule has 0 unspecified atom stereocenters. The smallest absolute Gasteiger partial charge is 0.325 e. The lowest BCUT2D eigenvalue weighted by molar-refractivity contribution is -0.146. The van der Waals surface area contributed by atoms with Crippen LogP contribution in [0.25, 0.3) is 0 Å². The number of nitrogens with two attached hydrogens (primary N) is 1. The van der Waals surface area contributed by atoms with Crippen LogP contribution in [0.1, 0.15) is 12.5 Å². The zero-order valence-corrected chi connectivity index (χ0v) is 8.79. The minimum atomic E-state index is -1.08. The van der Waals surface area contributed by atoms with Crippen LogP contribution in [0.15, 0.2) is 24.3 Å². The average molecular weight is 211 g/mol. The highest BCUT2D eigenvalue weighted by Gasteiger charge is 2.29. The Labute approximate surface area is 88.0 Å². The summed E-state index contributed by atoms with van der Waals surface area (Å²) >= 11 is 0. The van der Waals surface area contributed by atoms with Gasteiger partial charge in [0.25, 0.3) is 0 Å². The number of carbonyl (C=O) groups excluding carboxylic acids is 1. The lowest BCUT2D eigenvalue weighted by atomic mass is 9.94. The van der Waals surface area contributed by atoms with Crippen molar-refractivity contribution in [1.29, 1.82) is 0 Å². The van der Waals surface area contributed by atoms with E-state index in [9.17, 15) is 9.18 Å². The Morgan fingerprint density at radius 1 is 1.47 bits per heavy atom. The van der Waals surface area contributed by atoms with Gasteiger partial charge in [-0.15, -0.1) is 0 Å². The number of hydrogen-bond donors (Lipinski definition) is 1. The molecule has 82 valence electrons. The Morgan fingerprint density at radius 3 is 2.47 bits per heavy atom. The third kappa shape index (κ3) is 3.02. The molecular weight excluding hydrogens is 197 g/mol. The summed E-state index contributed by atoms with van der Waals surface area (Å²) in [5.74, 6) is -0.789. The predicted molar refractivity (Wildman–Crippen MR) is 54.7 cm³/mol. The summed E-state index contributed by atoms with van der Waals surface area (Å²) in [5, 5.41) is 0. The number of ether oxygens (including phenoxy) is 1. The third-order valence-corrected chi connectivity index (χ3v) is 2.14. The summed E-state index contributed by atoms with van der Waals surface area (Å²) < 4.78 is 17.2. The highest BCUT2D eigenvalue weighted by Crippen LogP contribution is 2.12. The van der Waals surface area contributed by atoms with Crippen LogP contribution in [0, 0.1) is 5.82 Å². The predicted octanol–water partition coefficient (Wildman–Crippen LogP) is 1.26. The average Bonchev–Trinajstić information content (AvgIpc) is 2.20. The number of methoxy groups -OCH3 is 1. The molecule has 3 nitrogen and oxygen atoms in total. The van der Waals surface area contributed by atoms with E-state index >= 15 is 0 Å². The lowest BCUT2D eigenvalue weighted by Crippen LogP contribution is -2.47. The van der Waals surface area contributed by atoms with E-state index in [0.717, 1.165) is 5.56 Å². The second-order valence-corrected chi connectivity index (χ2v) is 3.71. The molecule has 1 rings (SSSR count). The number of esters is 1. The van der Waals surface area contributed by atoms with Crippen LogP contribution in [0.5, 0.6) is 0 Å². The Morgan fingerprint density at radius 2 is 2.00 bits per heavy atom. The van der Waals surface area contributed by atoms with Gasteiger partial charge in [-0.25, -0.2) is 4.39 Å². The van der Waals surface area contributed by atoms with Gasteiger partial charge in [0, 0.05) is 6.42 Å². The topological polar surface area (TPSA) is 52.3 Å². The summed E-state index contributed by atoms with van der Waals surface area (Å²) in [6.45, 7) is 1.59. The Balaban J connectivity index is 2.77. The van der Waals surface area contributed by atoms with Gasteiger partial charge in [0.05, 0.1) is 7.11 Å². The summed E-state index contributed by atoms with van der Waals surface area (Å²) in [4.78, 5) is 11.3. The van der Waals surface area contributed by atoms with Gasteiger partial charge in [-0.05, 0) is 24.6 Å². The molecule has 0 saturated carbocycles. The van der Waals surface area contributed by atoms with E-state index in [0.29, 0.717) is 6.42 Å². The fourth-order valence-corrected chi connectivity index (χ4v) is 1.33. The minimum absolute atomic E-state index is 0.310. The van der Waals surface area contributed by atoms with E-state index in [2.05, 4.69) is 4.74 Å². The monoisotopic (exact) mass is 211 g/mol. The maximum Gasteiger partial charge on any atom is 0.325 e. The molecule has 0 aliphatic carbocycles. The van der Waals surface area contributed by atoms with Crippen molar-refractivity contribution in [2.45, 2.75) is 18.9 Å². The van der Waals surface area contributed by atoms with E-state index in [1.54, 1.807) is 19.1 Å². The van der Waals surface area contributed by atoms with Crippen molar-refractivity contribution >= 4 is 5.97 Å². The molecule has 0 fully saturated rings. The Kier molecular flexibility index (Phi) is 3.42. The largest absolute Gasteiger partial charge is 0.468 e. The first-order valence-corrected chi connectivity index (χ1v) is 4.57. The molecule has 0 saturated heterocycles. The van der Waals surface area contributed by atoms with Crippen LogP contribution in [-0.4, -0.2) is 18.6 Å². The van der Waals surface area contributed by atoms with E-state index in [-0.39, 0.29) is 5.82 Å². The van der Waals surface area contributed by atoms with Crippen molar-refractivity contribution in [3.05, 3.63) is 35.6 Å². The third-order valence-electron chi connectivity index (χ3n) is 2.14. The van der Waals surface area contributed by atoms with Crippen LogP contribution in [0.3, 0.4) is 0 Å². The maximum atomic E-state index is 12.6. The molecule has 1 atom stereocenters. The van der Waals surface area contributed by atoms with Gasteiger partial charge in [0.2, 0.25) is 0 Å². The molecule has 1 aromatic carbocycles. The quantitative estimate of drug-likeness (QED) is 0.766. The van der Waals surface area contributed by atoms with Gasteiger partial charge in [-0.1, -0.05) is 12.1 Å². The molecule has 0 amide bonds. The van der Waals surface area contributed by atoms with Crippen LogP contribution in [0.2, 0.25) is 0 Å². The highest BCUT2D eigenvalue weighted by molar-refractivity contribution is 5.80. The lowest BCUT2D eigenvalue weighted by Gasteiger charge is -2.21. The van der Waals surface area contributed by atoms with E-state index in [1.165, 1.54) is 19.2 Å². The molecule has 1 aromatic rings. The van der Waals surface area contributed by atoms with Crippen molar-refractivity contribution in [2.24, 2.45) is 5.73 Å². The van der Waals surface area contributed by atoms with Crippen molar-refractivity contribution in [1.82, 2.24) is 0 Å². The summed E-state index contributed by atoms with van der Waals surface area (Å²) in [5.41, 5.74) is 5.49. The van der Waals surface area contributed by atoms with Crippen LogP contribution in [0.4, 0.5) is 4.39 Å². The molecule has 0 spiro atoms. The molecule has 0 aromatic heterocycles. The Bertz CT molecular complexity index is 346. The molecule has 4 heteroatoms. The van der Waals surface area contributed by atoms with Crippen molar-refractivity contribution in [3.63, 3.8) is 0 Å². The van der Waals surface area contributed by atoms with Crippen molar-refractivity contribution in [2.75, 3.05) is 7.11 Å². The molecule has 0 radical (unpaired) electrons. The number of hydrogen-bond acceptors (Lipinski definition) is 3. The van der Waals surface area contributed by atoms with Crippen LogP contribution >= 0.6 is 0 Å². The van der Waals surface area contributed by atoms with Gasteiger partial charge in [-0.2, -0.15) is 0 Å². The number of carbonyl (C=O) groups is 1. The van der Waals surface area contributed by atoms with Crippen LogP contribution in [-0.2, 0) is 16.0 Å². The molecule has 0 aliphatic rings. The van der Waals surface area contributed by atoms with Crippen molar-refractivity contribution < 1.29 is 13.9 Å². The van der Waals surface area contributed by atoms with E-state index in [4.69, 9.17) is 5.73 Å². The highest BCUT2D eigenvalue weighted by atomic mass is 19.1. The first-order valence-electron chi connectivity index (χ1n) is 4.57. The summed E-state index contributed by atoms with van der Waals surface area (Å²) in [6, 6.07) is 5.87. The summed E-state index contributed by atoms with van der Waals surface area (Å²) in [7, 11) is 1.29. The minimum Gasteiger partial charge on any atom is -0.468 e. The van der Waals surface area contributed by atoms with Gasteiger partial charge in [0.15, 0.2) is 0 Å². The fraction of sp³-hybridized carbons (Fsp3) is 0.364. The number of benzene rings is 1. The fourth-order valence-electron chi connectivity index (χ4n) is 1.33. The van der Waals surface area contributed by atoms with Gasteiger partial charge < -0.3 is 10.5 Å². The molecule has 0 bridgehead atoms. The Hall–Kier alpha value is -1.42.